The van der Waals surface area contributed by atoms with Crippen molar-refractivity contribution in [3.8, 4) is 0 Å². The van der Waals surface area contributed by atoms with Crippen LogP contribution in [0.1, 0.15) is 25.7 Å². The fourth-order valence-corrected chi connectivity index (χ4v) is 6.19. The van der Waals surface area contributed by atoms with Crippen molar-refractivity contribution in [2.75, 3.05) is 0 Å². The van der Waals surface area contributed by atoms with Crippen LogP contribution in [0.4, 0.5) is 0 Å². The van der Waals surface area contributed by atoms with Crippen molar-refractivity contribution in [1.82, 2.24) is 0 Å². The van der Waals surface area contributed by atoms with Gasteiger partial charge in [0.25, 0.3) is 0 Å². The van der Waals surface area contributed by atoms with Crippen LogP contribution in [0.2, 0.25) is 0 Å². The van der Waals surface area contributed by atoms with Gasteiger partial charge >= 0.3 is 0 Å². The van der Waals surface area contributed by atoms with Gasteiger partial charge in [-0.15, -0.1) is 0 Å². The number of rotatable bonds is 2. The molecule has 0 aromatic rings. The average molecular weight is 270 g/mol. The van der Waals surface area contributed by atoms with E-state index in [4.69, 9.17) is 0 Å². The van der Waals surface area contributed by atoms with E-state index < -0.39 is 0 Å². The summed E-state index contributed by atoms with van der Waals surface area (Å²) in [5.74, 6) is 3.36. The van der Waals surface area contributed by atoms with Crippen molar-refractivity contribution in [3.63, 3.8) is 0 Å². The molecule has 0 amide bonds. The fourth-order valence-electron chi connectivity index (χ4n) is 4.31. The number of fused-ring (bicyclic) bond motifs is 2. The molecule has 2 fully saturated rings. The third-order valence-corrected chi connectivity index (χ3v) is 6.82. The minimum Gasteiger partial charge on any atom is -0.155 e. The van der Waals surface area contributed by atoms with E-state index >= 15 is 0 Å². The van der Waals surface area contributed by atoms with Crippen LogP contribution in [0, 0.1) is 23.7 Å². The van der Waals surface area contributed by atoms with Crippen LogP contribution in [0.25, 0.3) is 0 Å². The predicted molar refractivity (Wildman–Crippen MR) is 84.2 cm³/mol. The Labute approximate surface area is 120 Å². The van der Waals surface area contributed by atoms with E-state index in [9.17, 15) is 0 Å². The molecule has 0 spiro atoms. The van der Waals surface area contributed by atoms with E-state index in [0.717, 1.165) is 34.2 Å². The third kappa shape index (κ3) is 2.38. The summed E-state index contributed by atoms with van der Waals surface area (Å²) >= 11 is 2.31. The summed E-state index contributed by atoms with van der Waals surface area (Å²) in [5.41, 5.74) is 0. The van der Waals surface area contributed by atoms with Crippen LogP contribution >= 0.6 is 11.8 Å². The first kappa shape index (κ1) is 12.1. The van der Waals surface area contributed by atoms with E-state index in [-0.39, 0.29) is 0 Å². The number of hydrogen-bond acceptors (Lipinski definition) is 1. The van der Waals surface area contributed by atoms with Gasteiger partial charge in [0.05, 0.1) is 0 Å². The average Bonchev–Trinajstić information content (AvgIpc) is 3.00. The number of thioether (sulfide) groups is 1. The molecule has 1 heteroatoms. The summed E-state index contributed by atoms with van der Waals surface area (Å²) < 4.78 is 0. The van der Waals surface area contributed by atoms with Gasteiger partial charge < -0.3 is 0 Å². The van der Waals surface area contributed by atoms with Gasteiger partial charge in [-0.3, -0.25) is 0 Å². The molecule has 0 aromatic carbocycles. The van der Waals surface area contributed by atoms with Crippen molar-refractivity contribution in [1.29, 1.82) is 0 Å². The molecule has 0 aromatic heterocycles. The summed E-state index contributed by atoms with van der Waals surface area (Å²) in [5, 5.41) is 1.81. The molecule has 0 heterocycles. The van der Waals surface area contributed by atoms with Gasteiger partial charge in [-0.05, 0) is 49.4 Å². The van der Waals surface area contributed by atoms with Crippen LogP contribution < -0.4 is 0 Å². The minimum absolute atomic E-state index is 0.839. The molecule has 0 N–H and O–H groups in total. The standard InChI is InChI=1S/C18H22S/c1-2-6-14-10-17(9-13(14)5-1)19-18-11-15-7-3-4-8-16(15)12-18/h1-8,13-18H,9-12H2. The molecule has 0 aliphatic heterocycles. The van der Waals surface area contributed by atoms with Crippen molar-refractivity contribution < 1.29 is 0 Å². The lowest BCUT2D eigenvalue weighted by molar-refractivity contribution is 0.552. The Morgan fingerprint density at radius 3 is 1.16 bits per heavy atom. The maximum atomic E-state index is 2.44. The second-order valence-corrected chi connectivity index (χ2v) is 8.12. The maximum absolute atomic E-state index is 2.44. The van der Waals surface area contributed by atoms with Gasteiger partial charge in [-0.2, -0.15) is 11.8 Å². The topological polar surface area (TPSA) is 0 Å². The minimum atomic E-state index is 0.839. The zero-order valence-electron chi connectivity index (χ0n) is 11.3. The summed E-state index contributed by atoms with van der Waals surface area (Å²) in [6.45, 7) is 0. The highest BCUT2D eigenvalue weighted by Crippen LogP contribution is 2.48. The molecule has 4 rings (SSSR count). The molecule has 4 aliphatic rings. The normalized spacial score (nSPS) is 46.5. The Morgan fingerprint density at radius 1 is 0.526 bits per heavy atom. The lowest BCUT2D eigenvalue weighted by Gasteiger charge is -2.15. The van der Waals surface area contributed by atoms with E-state index in [1.54, 1.807) is 0 Å². The monoisotopic (exact) mass is 270 g/mol. The second kappa shape index (κ2) is 5.01. The highest BCUT2D eigenvalue weighted by molar-refractivity contribution is 8.00. The first-order chi connectivity index (χ1) is 9.38. The molecule has 4 aliphatic carbocycles. The zero-order chi connectivity index (χ0) is 12.7. The summed E-state index contributed by atoms with van der Waals surface area (Å²) in [6.07, 6.45) is 24.4. The van der Waals surface area contributed by atoms with Crippen molar-refractivity contribution in [3.05, 3.63) is 48.6 Å². The van der Waals surface area contributed by atoms with Gasteiger partial charge in [-0.25, -0.2) is 0 Å². The molecule has 0 bridgehead atoms. The molecule has 19 heavy (non-hydrogen) atoms. The van der Waals surface area contributed by atoms with Crippen molar-refractivity contribution >= 4 is 11.8 Å². The molecule has 0 radical (unpaired) electrons. The molecule has 4 unspecified atom stereocenters. The first-order valence-corrected chi connectivity index (χ1v) is 8.68. The van der Waals surface area contributed by atoms with E-state index in [2.05, 4.69) is 60.4 Å². The highest BCUT2D eigenvalue weighted by atomic mass is 32.2. The Hall–Kier alpha value is -0.690. The molecular weight excluding hydrogens is 248 g/mol. The molecule has 0 nitrogen and oxygen atoms in total. The highest BCUT2D eigenvalue weighted by Gasteiger charge is 2.37. The summed E-state index contributed by atoms with van der Waals surface area (Å²) in [4.78, 5) is 0. The quantitative estimate of drug-likeness (QED) is 0.697. The molecular formula is C18H22S. The van der Waals surface area contributed by atoms with Crippen LogP contribution in [0.3, 0.4) is 0 Å². The van der Waals surface area contributed by atoms with Gasteiger partial charge in [0.2, 0.25) is 0 Å². The van der Waals surface area contributed by atoms with Gasteiger partial charge in [0.1, 0.15) is 0 Å². The SMILES string of the molecule is C1=CC2CC(SC3CC4C=CC=CC4C3)CC2C=C1. The number of allylic oxidation sites excluding steroid dienone is 8. The lowest BCUT2D eigenvalue weighted by Crippen LogP contribution is -2.05. The third-order valence-electron chi connectivity index (χ3n) is 5.28. The van der Waals surface area contributed by atoms with Crippen molar-refractivity contribution in [2.24, 2.45) is 23.7 Å². The van der Waals surface area contributed by atoms with Gasteiger partial charge in [0, 0.05) is 10.5 Å². The van der Waals surface area contributed by atoms with E-state index in [1.807, 2.05) is 0 Å². The maximum Gasteiger partial charge on any atom is 0.00614 e. The van der Waals surface area contributed by atoms with Crippen LogP contribution in [0.15, 0.2) is 48.6 Å². The molecule has 2 saturated carbocycles. The van der Waals surface area contributed by atoms with Crippen LogP contribution in [-0.2, 0) is 0 Å². The Morgan fingerprint density at radius 2 is 0.842 bits per heavy atom. The van der Waals surface area contributed by atoms with E-state index in [0.29, 0.717) is 0 Å². The second-order valence-electron chi connectivity index (χ2n) is 6.52. The Balaban J connectivity index is 1.36. The van der Waals surface area contributed by atoms with Crippen LogP contribution in [0.5, 0.6) is 0 Å². The number of hydrogen-bond donors (Lipinski definition) is 0. The van der Waals surface area contributed by atoms with Crippen molar-refractivity contribution in [2.45, 2.75) is 36.2 Å². The molecule has 100 valence electrons. The van der Waals surface area contributed by atoms with Gasteiger partial charge in [-0.1, -0.05) is 48.6 Å². The zero-order valence-corrected chi connectivity index (χ0v) is 12.1. The lowest BCUT2D eigenvalue weighted by atomic mass is 9.92. The fraction of sp³-hybridized carbons (Fsp3) is 0.556. The van der Waals surface area contributed by atoms with E-state index in [1.165, 1.54) is 25.7 Å². The Bertz CT molecular complexity index is 374. The molecule has 4 atom stereocenters. The largest absolute Gasteiger partial charge is 0.155 e. The predicted octanol–water partition coefficient (Wildman–Crippen LogP) is 4.76. The first-order valence-electron chi connectivity index (χ1n) is 7.74. The molecule has 0 saturated heterocycles. The van der Waals surface area contributed by atoms with Gasteiger partial charge in [0.15, 0.2) is 0 Å². The summed E-state index contributed by atoms with van der Waals surface area (Å²) in [7, 11) is 0. The summed E-state index contributed by atoms with van der Waals surface area (Å²) in [6, 6.07) is 0. The van der Waals surface area contributed by atoms with Crippen LogP contribution in [-0.4, -0.2) is 10.5 Å². The smallest absolute Gasteiger partial charge is 0.00614 e. The Kier molecular flexibility index (Phi) is 3.19.